The van der Waals surface area contributed by atoms with Crippen molar-refractivity contribution in [1.29, 1.82) is 0 Å². The zero-order valence-corrected chi connectivity index (χ0v) is 17.2. The van der Waals surface area contributed by atoms with Crippen molar-refractivity contribution in [3.05, 3.63) is 65.7 Å². The van der Waals surface area contributed by atoms with Crippen molar-refractivity contribution < 1.29 is 4.79 Å². The normalized spacial score (nSPS) is 13.5. The molecule has 0 heterocycles. The quantitative estimate of drug-likeness (QED) is 0.349. The van der Waals surface area contributed by atoms with Crippen molar-refractivity contribution in [2.45, 2.75) is 32.4 Å². The Labute approximate surface area is 171 Å². The Morgan fingerprint density at radius 3 is 2.42 bits per heavy atom. The Bertz CT molecular complexity index is 727. The van der Waals surface area contributed by atoms with Gasteiger partial charge in [-0.25, -0.2) is 4.99 Å². The molecule has 1 aliphatic rings. The van der Waals surface area contributed by atoms with Crippen molar-refractivity contribution in [2.75, 3.05) is 11.9 Å². The third-order valence-corrected chi connectivity index (χ3v) is 3.94. The summed E-state index contributed by atoms with van der Waals surface area (Å²) in [7, 11) is 0. The topological polar surface area (TPSA) is 65.5 Å². The SMILES string of the molecule is Cc1ccc(CN=C(NCC(=O)NC2CC2)Nc2ccccc2)cc1.I. The van der Waals surface area contributed by atoms with Gasteiger partial charge in [-0.05, 0) is 37.5 Å². The van der Waals surface area contributed by atoms with Crippen molar-refractivity contribution >= 4 is 41.5 Å². The molecule has 1 saturated carbocycles. The van der Waals surface area contributed by atoms with E-state index in [1.165, 1.54) is 5.56 Å². The number of aryl methyl sites for hydroxylation is 1. The number of carbonyl (C=O) groups excluding carboxylic acids is 1. The minimum Gasteiger partial charge on any atom is -0.352 e. The molecule has 1 fully saturated rings. The van der Waals surface area contributed by atoms with Crippen LogP contribution in [0.2, 0.25) is 0 Å². The van der Waals surface area contributed by atoms with Crippen LogP contribution in [-0.4, -0.2) is 24.5 Å². The first-order valence-electron chi connectivity index (χ1n) is 8.64. The molecule has 1 aliphatic carbocycles. The Kier molecular flexibility index (Phi) is 7.90. The fourth-order valence-electron chi connectivity index (χ4n) is 2.33. The first-order valence-corrected chi connectivity index (χ1v) is 8.64. The van der Waals surface area contributed by atoms with Crippen molar-refractivity contribution in [2.24, 2.45) is 4.99 Å². The summed E-state index contributed by atoms with van der Waals surface area (Å²) in [5.74, 6) is 0.595. The number of anilines is 1. The van der Waals surface area contributed by atoms with E-state index in [4.69, 9.17) is 0 Å². The molecule has 0 aromatic heterocycles. The highest BCUT2D eigenvalue weighted by molar-refractivity contribution is 14.0. The highest BCUT2D eigenvalue weighted by Crippen LogP contribution is 2.18. The Hall–Kier alpha value is -2.09. The van der Waals surface area contributed by atoms with E-state index in [0.717, 1.165) is 24.1 Å². The second-order valence-electron chi connectivity index (χ2n) is 6.34. The number of aliphatic imine (C=N–C) groups is 1. The standard InChI is InChI=1S/C20H24N4O.HI/c1-15-7-9-16(10-8-15)13-21-20(24-17-5-3-2-4-6-17)22-14-19(25)23-18-11-12-18;/h2-10,18H,11-14H2,1H3,(H,23,25)(H2,21,22,24);1H. The Morgan fingerprint density at radius 2 is 1.77 bits per heavy atom. The zero-order chi connectivity index (χ0) is 17.5. The van der Waals surface area contributed by atoms with E-state index in [1.807, 2.05) is 30.3 Å². The molecule has 138 valence electrons. The van der Waals surface area contributed by atoms with Crippen LogP contribution in [0.4, 0.5) is 5.69 Å². The maximum Gasteiger partial charge on any atom is 0.239 e. The van der Waals surface area contributed by atoms with Crippen molar-refractivity contribution in [3.8, 4) is 0 Å². The van der Waals surface area contributed by atoms with Gasteiger partial charge in [-0.15, -0.1) is 24.0 Å². The van der Waals surface area contributed by atoms with Crippen molar-refractivity contribution in [1.82, 2.24) is 10.6 Å². The van der Waals surface area contributed by atoms with Gasteiger partial charge in [-0.3, -0.25) is 4.79 Å². The number of rotatable bonds is 6. The van der Waals surface area contributed by atoms with Crippen LogP contribution >= 0.6 is 24.0 Å². The summed E-state index contributed by atoms with van der Waals surface area (Å²) in [4.78, 5) is 16.5. The number of amides is 1. The van der Waals surface area contributed by atoms with Crippen LogP contribution in [0.1, 0.15) is 24.0 Å². The molecule has 5 nitrogen and oxygen atoms in total. The molecule has 6 heteroatoms. The highest BCUT2D eigenvalue weighted by atomic mass is 127. The molecule has 26 heavy (non-hydrogen) atoms. The van der Waals surface area contributed by atoms with Crippen LogP contribution in [0.25, 0.3) is 0 Å². The molecule has 3 N–H and O–H groups in total. The van der Waals surface area contributed by atoms with E-state index in [1.54, 1.807) is 0 Å². The minimum atomic E-state index is 0. The lowest BCUT2D eigenvalue weighted by molar-refractivity contribution is -0.120. The van der Waals surface area contributed by atoms with Crippen LogP contribution < -0.4 is 16.0 Å². The van der Waals surface area contributed by atoms with Gasteiger partial charge in [0.05, 0.1) is 13.1 Å². The number of nitrogens with one attached hydrogen (secondary N) is 3. The number of hydrogen-bond acceptors (Lipinski definition) is 2. The van der Waals surface area contributed by atoms with Gasteiger partial charge < -0.3 is 16.0 Å². The molecule has 2 aromatic rings. The van der Waals surface area contributed by atoms with E-state index in [-0.39, 0.29) is 36.4 Å². The summed E-state index contributed by atoms with van der Waals surface area (Å²) in [5, 5.41) is 9.32. The molecule has 0 spiro atoms. The van der Waals surface area contributed by atoms with Gasteiger partial charge in [-0.2, -0.15) is 0 Å². The summed E-state index contributed by atoms with van der Waals surface area (Å²) in [6, 6.07) is 18.5. The molecular formula is C20H25IN4O. The highest BCUT2D eigenvalue weighted by Gasteiger charge is 2.22. The maximum absolute atomic E-state index is 11.9. The summed E-state index contributed by atoms with van der Waals surface area (Å²) < 4.78 is 0. The first kappa shape index (κ1) is 20.2. The summed E-state index contributed by atoms with van der Waals surface area (Å²) in [6.07, 6.45) is 2.17. The maximum atomic E-state index is 11.9. The average molecular weight is 464 g/mol. The van der Waals surface area contributed by atoms with E-state index < -0.39 is 0 Å². The molecule has 0 bridgehead atoms. The number of carbonyl (C=O) groups is 1. The third-order valence-electron chi connectivity index (χ3n) is 3.94. The van der Waals surface area contributed by atoms with E-state index >= 15 is 0 Å². The predicted molar refractivity (Wildman–Crippen MR) is 117 cm³/mol. The Morgan fingerprint density at radius 1 is 1.08 bits per heavy atom. The van der Waals surface area contributed by atoms with E-state index in [9.17, 15) is 4.79 Å². The van der Waals surface area contributed by atoms with Gasteiger partial charge in [0.15, 0.2) is 5.96 Å². The number of para-hydroxylation sites is 1. The minimum absolute atomic E-state index is 0. The molecular weight excluding hydrogens is 439 g/mol. The molecule has 0 radical (unpaired) electrons. The summed E-state index contributed by atoms with van der Waals surface area (Å²) in [5.41, 5.74) is 3.28. The van der Waals surface area contributed by atoms with Gasteiger partial charge >= 0.3 is 0 Å². The fourth-order valence-corrected chi connectivity index (χ4v) is 2.33. The summed E-state index contributed by atoms with van der Waals surface area (Å²) >= 11 is 0. The molecule has 0 saturated heterocycles. The second-order valence-corrected chi connectivity index (χ2v) is 6.34. The largest absolute Gasteiger partial charge is 0.352 e. The smallest absolute Gasteiger partial charge is 0.239 e. The number of halogens is 1. The third kappa shape index (κ3) is 7.03. The monoisotopic (exact) mass is 464 g/mol. The second kappa shape index (κ2) is 10.2. The van der Waals surface area contributed by atoms with Gasteiger partial charge in [0.25, 0.3) is 0 Å². The lowest BCUT2D eigenvalue weighted by Crippen LogP contribution is -2.40. The van der Waals surface area contributed by atoms with Crippen LogP contribution in [0.15, 0.2) is 59.6 Å². The molecule has 2 aromatic carbocycles. The van der Waals surface area contributed by atoms with Gasteiger partial charge in [0, 0.05) is 11.7 Å². The zero-order valence-electron chi connectivity index (χ0n) is 14.9. The molecule has 0 unspecified atom stereocenters. The van der Waals surface area contributed by atoms with Crippen molar-refractivity contribution in [3.63, 3.8) is 0 Å². The number of nitrogens with zero attached hydrogens (tertiary/aromatic N) is 1. The lowest BCUT2D eigenvalue weighted by Gasteiger charge is -2.13. The van der Waals surface area contributed by atoms with Crippen LogP contribution in [0.3, 0.4) is 0 Å². The number of benzene rings is 2. The molecule has 0 aliphatic heterocycles. The van der Waals surface area contributed by atoms with Gasteiger partial charge in [0.1, 0.15) is 0 Å². The van der Waals surface area contributed by atoms with Gasteiger partial charge in [0.2, 0.25) is 5.91 Å². The van der Waals surface area contributed by atoms with E-state index in [2.05, 4.69) is 52.1 Å². The van der Waals surface area contributed by atoms with Crippen LogP contribution in [0.5, 0.6) is 0 Å². The van der Waals surface area contributed by atoms with Crippen LogP contribution in [0, 0.1) is 6.92 Å². The van der Waals surface area contributed by atoms with E-state index in [0.29, 0.717) is 18.5 Å². The number of guanidine groups is 1. The number of hydrogen-bond donors (Lipinski definition) is 3. The molecule has 1 amide bonds. The Balaban J connectivity index is 0.00000243. The first-order chi connectivity index (χ1) is 12.2. The predicted octanol–water partition coefficient (Wildman–Crippen LogP) is 3.45. The van der Waals surface area contributed by atoms with Gasteiger partial charge in [-0.1, -0.05) is 48.0 Å². The molecule has 3 rings (SSSR count). The summed E-state index contributed by atoms with van der Waals surface area (Å²) in [6.45, 7) is 2.82. The van der Waals surface area contributed by atoms with Crippen LogP contribution in [-0.2, 0) is 11.3 Å². The fraction of sp³-hybridized carbons (Fsp3) is 0.300. The lowest BCUT2D eigenvalue weighted by atomic mass is 10.1. The molecule has 0 atom stereocenters. The average Bonchev–Trinajstić information content (AvgIpc) is 3.43.